The maximum atomic E-state index is 13.7. The van der Waals surface area contributed by atoms with E-state index in [9.17, 15) is 14.0 Å². The maximum absolute atomic E-state index is 13.7. The van der Waals surface area contributed by atoms with Crippen LogP contribution in [-0.2, 0) is 16.1 Å². The van der Waals surface area contributed by atoms with E-state index in [1.54, 1.807) is 18.2 Å². The molecule has 1 saturated carbocycles. The van der Waals surface area contributed by atoms with Gasteiger partial charge in [0.2, 0.25) is 11.8 Å². The first-order valence-corrected chi connectivity index (χ1v) is 10.1. The van der Waals surface area contributed by atoms with Crippen molar-refractivity contribution < 1.29 is 14.0 Å². The van der Waals surface area contributed by atoms with Crippen LogP contribution >= 0.6 is 0 Å². The summed E-state index contributed by atoms with van der Waals surface area (Å²) in [5.41, 5.74) is 0.487. The molecule has 0 bridgehead atoms. The Labute approximate surface area is 160 Å². The van der Waals surface area contributed by atoms with Crippen LogP contribution < -0.4 is 5.32 Å². The second-order valence-corrected chi connectivity index (χ2v) is 7.68. The summed E-state index contributed by atoms with van der Waals surface area (Å²) in [6, 6.07) is 6.18. The first-order valence-electron chi connectivity index (χ1n) is 10.1. The van der Waals surface area contributed by atoms with Crippen molar-refractivity contribution in [3.63, 3.8) is 0 Å². The second kappa shape index (κ2) is 9.31. The van der Waals surface area contributed by atoms with Crippen molar-refractivity contribution in [1.82, 2.24) is 15.1 Å². The molecule has 5 nitrogen and oxygen atoms in total. The van der Waals surface area contributed by atoms with Gasteiger partial charge < -0.3 is 10.2 Å². The highest BCUT2D eigenvalue weighted by Gasteiger charge is 2.31. The molecule has 0 radical (unpaired) electrons. The first kappa shape index (κ1) is 19.8. The van der Waals surface area contributed by atoms with E-state index < -0.39 is 0 Å². The van der Waals surface area contributed by atoms with Crippen molar-refractivity contribution in [2.45, 2.75) is 51.6 Å². The SMILES string of the molecule is CC(C(=O)NCc1ccccc1F)N1CCN(C(=O)C2CCCCC2)CC1. The van der Waals surface area contributed by atoms with E-state index >= 15 is 0 Å². The molecule has 0 aromatic heterocycles. The highest BCUT2D eigenvalue weighted by molar-refractivity contribution is 5.81. The molecule has 6 heteroatoms. The Kier molecular flexibility index (Phi) is 6.83. The van der Waals surface area contributed by atoms with E-state index in [0.717, 1.165) is 25.7 Å². The molecule has 148 valence electrons. The van der Waals surface area contributed by atoms with Crippen LogP contribution in [0.25, 0.3) is 0 Å². The van der Waals surface area contributed by atoms with Crippen molar-refractivity contribution in [3.05, 3.63) is 35.6 Å². The molecule has 1 atom stereocenters. The fraction of sp³-hybridized carbons (Fsp3) is 0.619. The number of hydrogen-bond acceptors (Lipinski definition) is 3. The van der Waals surface area contributed by atoms with Crippen LogP contribution in [-0.4, -0.2) is 53.8 Å². The lowest BCUT2D eigenvalue weighted by atomic mass is 9.88. The number of nitrogens with zero attached hydrogens (tertiary/aromatic N) is 2. The Morgan fingerprint density at radius 2 is 1.78 bits per heavy atom. The quantitative estimate of drug-likeness (QED) is 0.861. The second-order valence-electron chi connectivity index (χ2n) is 7.68. The van der Waals surface area contributed by atoms with Gasteiger partial charge in [0.15, 0.2) is 0 Å². The van der Waals surface area contributed by atoms with Crippen molar-refractivity contribution in [3.8, 4) is 0 Å². The number of amides is 2. The van der Waals surface area contributed by atoms with E-state index in [-0.39, 0.29) is 30.2 Å². The van der Waals surface area contributed by atoms with Crippen LogP contribution in [0.5, 0.6) is 0 Å². The predicted octanol–water partition coefficient (Wildman–Crippen LogP) is 2.55. The monoisotopic (exact) mass is 375 g/mol. The van der Waals surface area contributed by atoms with Crippen LogP contribution in [0.3, 0.4) is 0 Å². The molecule has 1 aliphatic carbocycles. The molecule has 2 aliphatic rings. The number of halogens is 1. The van der Waals surface area contributed by atoms with Gasteiger partial charge in [-0.05, 0) is 25.8 Å². The van der Waals surface area contributed by atoms with Crippen LogP contribution in [0.15, 0.2) is 24.3 Å². The summed E-state index contributed by atoms with van der Waals surface area (Å²) >= 11 is 0. The fourth-order valence-electron chi connectivity index (χ4n) is 4.07. The third-order valence-corrected chi connectivity index (χ3v) is 5.92. The average molecular weight is 375 g/mol. The molecule has 1 aromatic carbocycles. The highest BCUT2D eigenvalue weighted by atomic mass is 19.1. The number of carbonyl (C=O) groups excluding carboxylic acids is 2. The van der Waals surface area contributed by atoms with Gasteiger partial charge in [0, 0.05) is 44.2 Å². The molecule has 1 heterocycles. The summed E-state index contributed by atoms with van der Waals surface area (Å²) in [6.07, 6.45) is 5.62. The van der Waals surface area contributed by atoms with E-state index in [1.165, 1.54) is 12.5 Å². The van der Waals surface area contributed by atoms with Crippen molar-refractivity contribution in [2.24, 2.45) is 5.92 Å². The molecular formula is C21H30FN3O2. The van der Waals surface area contributed by atoms with Gasteiger partial charge in [-0.2, -0.15) is 0 Å². The highest BCUT2D eigenvalue weighted by Crippen LogP contribution is 2.26. The third-order valence-electron chi connectivity index (χ3n) is 5.92. The zero-order valence-electron chi connectivity index (χ0n) is 16.1. The number of nitrogens with one attached hydrogen (secondary N) is 1. The summed E-state index contributed by atoms with van der Waals surface area (Å²) < 4.78 is 13.7. The van der Waals surface area contributed by atoms with Gasteiger partial charge in [0.05, 0.1) is 6.04 Å². The molecule has 0 spiro atoms. The third kappa shape index (κ3) is 5.06. The van der Waals surface area contributed by atoms with Gasteiger partial charge in [0.25, 0.3) is 0 Å². The van der Waals surface area contributed by atoms with Gasteiger partial charge in [0.1, 0.15) is 5.82 Å². The Morgan fingerprint density at radius 1 is 1.11 bits per heavy atom. The van der Waals surface area contributed by atoms with Gasteiger partial charge in [-0.1, -0.05) is 37.5 Å². The van der Waals surface area contributed by atoms with Crippen LogP contribution in [0, 0.1) is 11.7 Å². The van der Waals surface area contributed by atoms with E-state index in [1.807, 2.05) is 11.8 Å². The predicted molar refractivity (Wildman–Crippen MR) is 102 cm³/mol. The Hall–Kier alpha value is -1.95. The van der Waals surface area contributed by atoms with Crippen molar-refractivity contribution in [2.75, 3.05) is 26.2 Å². The van der Waals surface area contributed by atoms with E-state index in [0.29, 0.717) is 37.6 Å². The molecule has 2 fully saturated rings. The zero-order valence-corrected chi connectivity index (χ0v) is 16.1. The van der Waals surface area contributed by atoms with Crippen LogP contribution in [0.4, 0.5) is 4.39 Å². The summed E-state index contributed by atoms with van der Waals surface area (Å²) in [7, 11) is 0. The number of benzene rings is 1. The molecule has 1 aliphatic heterocycles. The number of piperazine rings is 1. The van der Waals surface area contributed by atoms with E-state index in [2.05, 4.69) is 10.2 Å². The molecule has 1 aromatic rings. The van der Waals surface area contributed by atoms with Gasteiger partial charge in [-0.25, -0.2) is 4.39 Å². The average Bonchev–Trinajstić information content (AvgIpc) is 2.72. The molecule has 3 rings (SSSR count). The minimum Gasteiger partial charge on any atom is -0.351 e. The summed E-state index contributed by atoms with van der Waals surface area (Å²) in [6.45, 7) is 4.82. The molecular weight excluding hydrogens is 345 g/mol. The first-order chi connectivity index (χ1) is 13.1. The van der Waals surface area contributed by atoms with Crippen molar-refractivity contribution >= 4 is 11.8 Å². The minimum absolute atomic E-state index is 0.106. The zero-order chi connectivity index (χ0) is 19.2. The Bertz CT molecular complexity index is 653. The minimum atomic E-state index is -0.305. The largest absolute Gasteiger partial charge is 0.351 e. The lowest BCUT2D eigenvalue weighted by Crippen LogP contribution is -2.55. The summed E-state index contributed by atoms with van der Waals surface area (Å²) in [4.78, 5) is 29.1. The summed E-state index contributed by atoms with van der Waals surface area (Å²) in [5, 5.41) is 2.82. The normalized spacial score (nSPS) is 20.3. The van der Waals surface area contributed by atoms with Gasteiger partial charge >= 0.3 is 0 Å². The summed E-state index contributed by atoms with van der Waals surface area (Å²) in [5.74, 6) is 0.0865. The van der Waals surface area contributed by atoms with E-state index in [4.69, 9.17) is 0 Å². The molecule has 1 saturated heterocycles. The Morgan fingerprint density at radius 3 is 2.44 bits per heavy atom. The van der Waals surface area contributed by atoms with Crippen LogP contribution in [0.1, 0.15) is 44.6 Å². The van der Waals surface area contributed by atoms with Crippen molar-refractivity contribution in [1.29, 1.82) is 0 Å². The lowest BCUT2D eigenvalue weighted by Gasteiger charge is -2.39. The fourth-order valence-corrected chi connectivity index (χ4v) is 4.07. The van der Waals surface area contributed by atoms with Crippen LogP contribution in [0.2, 0.25) is 0 Å². The number of rotatable bonds is 5. The smallest absolute Gasteiger partial charge is 0.237 e. The molecule has 1 N–H and O–H groups in total. The maximum Gasteiger partial charge on any atom is 0.237 e. The number of hydrogen-bond donors (Lipinski definition) is 1. The number of carbonyl (C=O) groups is 2. The molecule has 1 unspecified atom stereocenters. The molecule has 27 heavy (non-hydrogen) atoms. The topological polar surface area (TPSA) is 52.7 Å². The standard InChI is InChI=1S/C21H30FN3O2/c1-16(20(26)23-15-18-9-5-6-10-19(18)22)24-11-13-25(14-12-24)21(27)17-7-3-2-4-8-17/h5-6,9-10,16-17H,2-4,7-8,11-15H2,1H3,(H,23,26). The Balaban J connectivity index is 1.44. The molecule has 2 amide bonds. The lowest BCUT2D eigenvalue weighted by molar-refractivity contribution is -0.139. The van der Waals surface area contributed by atoms with Gasteiger partial charge in [-0.3, -0.25) is 14.5 Å². The van der Waals surface area contributed by atoms with Gasteiger partial charge in [-0.15, -0.1) is 0 Å².